The summed E-state index contributed by atoms with van der Waals surface area (Å²) in [5, 5.41) is 20.2. The lowest BCUT2D eigenvalue weighted by Crippen LogP contribution is -1.89. The third-order valence-corrected chi connectivity index (χ3v) is 2.33. The fraction of sp³-hybridized carbons (Fsp3) is 0. The third-order valence-electron chi connectivity index (χ3n) is 2.33. The van der Waals surface area contributed by atoms with E-state index >= 15 is 0 Å². The predicted octanol–water partition coefficient (Wildman–Crippen LogP) is 3.11. The van der Waals surface area contributed by atoms with Crippen molar-refractivity contribution in [2.45, 2.75) is 0 Å². The van der Waals surface area contributed by atoms with E-state index in [2.05, 4.69) is 0 Å². The van der Waals surface area contributed by atoms with E-state index in [0.29, 0.717) is 5.56 Å². The number of phenols is 1. The van der Waals surface area contributed by atoms with Crippen LogP contribution in [0.15, 0.2) is 42.5 Å². The molecule has 86 valence electrons. The maximum atomic E-state index is 13.0. The van der Waals surface area contributed by atoms with Gasteiger partial charge in [-0.05, 0) is 23.8 Å². The first-order valence-corrected chi connectivity index (χ1v) is 4.81. The quantitative estimate of drug-likeness (QED) is 0.640. The molecule has 0 radical (unpaired) electrons. The summed E-state index contributed by atoms with van der Waals surface area (Å²) in [4.78, 5) is 10.0. The van der Waals surface area contributed by atoms with Crippen LogP contribution in [0.1, 0.15) is 0 Å². The number of nitro benzene ring substituents is 1. The zero-order valence-electron chi connectivity index (χ0n) is 8.63. The Hall–Kier alpha value is -2.43. The Bertz CT molecular complexity index is 584. The molecule has 17 heavy (non-hydrogen) atoms. The van der Waals surface area contributed by atoms with Crippen molar-refractivity contribution in [3.05, 3.63) is 58.4 Å². The van der Waals surface area contributed by atoms with Gasteiger partial charge in [-0.15, -0.1) is 0 Å². The maximum absolute atomic E-state index is 13.0. The first-order valence-electron chi connectivity index (χ1n) is 4.81. The van der Waals surface area contributed by atoms with Crippen LogP contribution in [0.2, 0.25) is 0 Å². The summed E-state index contributed by atoms with van der Waals surface area (Å²) >= 11 is 0. The number of aromatic hydroxyl groups is 1. The first kappa shape index (κ1) is 11.1. The molecule has 1 N–H and O–H groups in total. The van der Waals surface area contributed by atoms with Gasteiger partial charge in [0, 0.05) is 17.7 Å². The summed E-state index contributed by atoms with van der Waals surface area (Å²) < 4.78 is 13.0. The van der Waals surface area contributed by atoms with Gasteiger partial charge >= 0.3 is 0 Å². The zero-order valence-corrected chi connectivity index (χ0v) is 8.63. The molecule has 0 heterocycles. The number of benzene rings is 2. The summed E-state index contributed by atoms with van der Waals surface area (Å²) in [5.74, 6) is -0.588. The highest BCUT2D eigenvalue weighted by atomic mass is 19.1. The van der Waals surface area contributed by atoms with Gasteiger partial charge in [-0.2, -0.15) is 0 Å². The number of halogens is 1. The lowest BCUT2D eigenvalue weighted by atomic mass is 10.0. The zero-order chi connectivity index (χ0) is 12.4. The second-order valence-electron chi connectivity index (χ2n) is 3.47. The Balaban J connectivity index is 2.58. The molecule has 2 rings (SSSR count). The van der Waals surface area contributed by atoms with Crippen LogP contribution in [-0.2, 0) is 0 Å². The molecule has 0 aromatic heterocycles. The van der Waals surface area contributed by atoms with Crippen molar-refractivity contribution in [1.29, 1.82) is 0 Å². The molecule has 0 amide bonds. The van der Waals surface area contributed by atoms with Crippen molar-refractivity contribution in [2.24, 2.45) is 0 Å². The number of hydrogen-bond acceptors (Lipinski definition) is 3. The van der Waals surface area contributed by atoms with Gasteiger partial charge in [0.05, 0.1) is 4.92 Å². The fourth-order valence-electron chi connectivity index (χ4n) is 1.52. The number of nitro groups is 1. The first-order chi connectivity index (χ1) is 8.08. The van der Waals surface area contributed by atoms with Gasteiger partial charge in [-0.1, -0.05) is 12.1 Å². The lowest BCUT2D eigenvalue weighted by molar-refractivity contribution is -0.384. The fourth-order valence-corrected chi connectivity index (χ4v) is 1.52. The minimum absolute atomic E-state index is 0.124. The van der Waals surface area contributed by atoms with Gasteiger partial charge in [-0.25, -0.2) is 4.39 Å². The maximum Gasteiger partial charge on any atom is 0.270 e. The van der Waals surface area contributed by atoms with Crippen LogP contribution < -0.4 is 0 Å². The lowest BCUT2D eigenvalue weighted by Gasteiger charge is -2.04. The molecule has 0 spiro atoms. The average Bonchev–Trinajstić information content (AvgIpc) is 2.29. The summed E-state index contributed by atoms with van der Waals surface area (Å²) in [7, 11) is 0. The van der Waals surface area contributed by atoms with Crippen molar-refractivity contribution in [1.82, 2.24) is 0 Å². The van der Waals surface area contributed by atoms with E-state index in [4.69, 9.17) is 0 Å². The number of non-ortho nitro benzene ring substituents is 1. The Morgan fingerprint density at radius 3 is 2.59 bits per heavy atom. The van der Waals surface area contributed by atoms with Crippen LogP contribution >= 0.6 is 0 Å². The minimum Gasteiger partial charge on any atom is -0.507 e. The highest BCUT2D eigenvalue weighted by Gasteiger charge is 2.12. The van der Waals surface area contributed by atoms with Crippen LogP contribution in [0.5, 0.6) is 5.75 Å². The van der Waals surface area contributed by atoms with Gasteiger partial charge in [0.15, 0.2) is 0 Å². The van der Waals surface area contributed by atoms with Crippen molar-refractivity contribution in [3.63, 3.8) is 0 Å². The summed E-state index contributed by atoms with van der Waals surface area (Å²) in [6.07, 6.45) is 0. The molecule has 0 bridgehead atoms. The van der Waals surface area contributed by atoms with Crippen LogP contribution in [0, 0.1) is 15.9 Å². The predicted molar refractivity (Wildman–Crippen MR) is 60.2 cm³/mol. The Morgan fingerprint density at radius 1 is 1.18 bits per heavy atom. The van der Waals surface area contributed by atoms with Gasteiger partial charge < -0.3 is 5.11 Å². The van der Waals surface area contributed by atoms with Crippen molar-refractivity contribution >= 4 is 5.69 Å². The SMILES string of the molecule is O=[N+]([O-])c1ccc(O)c(-c2cccc(F)c2)c1. The van der Waals surface area contributed by atoms with Crippen LogP contribution in [-0.4, -0.2) is 10.0 Å². The minimum atomic E-state index is -0.567. The largest absolute Gasteiger partial charge is 0.507 e. The molecule has 0 saturated carbocycles. The summed E-state index contributed by atoms with van der Waals surface area (Å²) in [6.45, 7) is 0. The van der Waals surface area contributed by atoms with Crippen molar-refractivity contribution in [2.75, 3.05) is 0 Å². The summed E-state index contributed by atoms with van der Waals surface area (Å²) in [6, 6.07) is 9.14. The van der Waals surface area contributed by atoms with Crippen LogP contribution in [0.4, 0.5) is 10.1 Å². The molecule has 0 aliphatic rings. The molecule has 2 aromatic carbocycles. The van der Waals surface area contributed by atoms with Crippen LogP contribution in [0.3, 0.4) is 0 Å². The van der Waals surface area contributed by atoms with E-state index < -0.39 is 10.7 Å². The second-order valence-corrected chi connectivity index (χ2v) is 3.47. The standard InChI is InChI=1S/C12H8FNO3/c13-9-3-1-2-8(6-9)11-7-10(14(16)17)4-5-12(11)15/h1-7,15H. The molecule has 4 nitrogen and oxygen atoms in total. The van der Waals surface area contributed by atoms with Gasteiger partial charge in [-0.3, -0.25) is 10.1 Å². The smallest absolute Gasteiger partial charge is 0.270 e. The molecular formula is C12H8FNO3. The van der Waals surface area contributed by atoms with E-state index in [-0.39, 0.29) is 17.0 Å². The molecule has 0 atom stereocenters. The van der Waals surface area contributed by atoms with E-state index in [9.17, 15) is 19.6 Å². The van der Waals surface area contributed by atoms with Crippen molar-refractivity contribution < 1.29 is 14.4 Å². The molecular weight excluding hydrogens is 225 g/mol. The Labute approximate surface area is 96.1 Å². The molecule has 0 unspecified atom stereocenters. The number of rotatable bonds is 2. The number of phenolic OH excluding ortho intramolecular Hbond substituents is 1. The molecule has 5 heteroatoms. The highest BCUT2D eigenvalue weighted by molar-refractivity contribution is 5.72. The summed E-state index contributed by atoms with van der Waals surface area (Å²) in [5.41, 5.74) is 0.479. The Kier molecular flexibility index (Phi) is 2.74. The topological polar surface area (TPSA) is 63.4 Å². The Morgan fingerprint density at radius 2 is 1.94 bits per heavy atom. The van der Waals surface area contributed by atoms with Crippen molar-refractivity contribution in [3.8, 4) is 16.9 Å². The third kappa shape index (κ3) is 2.23. The number of nitrogens with zero attached hydrogens (tertiary/aromatic N) is 1. The van der Waals surface area contributed by atoms with Gasteiger partial charge in [0.1, 0.15) is 11.6 Å². The molecule has 0 aliphatic heterocycles. The number of hydrogen-bond donors (Lipinski definition) is 1. The monoisotopic (exact) mass is 233 g/mol. The van der Waals surface area contributed by atoms with Gasteiger partial charge in [0.25, 0.3) is 5.69 Å². The normalized spacial score (nSPS) is 10.2. The van der Waals surface area contributed by atoms with E-state index in [1.165, 1.54) is 36.4 Å². The van der Waals surface area contributed by atoms with Crippen LogP contribution in [0.25, 0.3) is 11.1 Å². The van der Waals surface area contributed by atoms with E-state index in [1.807, 2.05) is 0 Å². The second kappa shape index (κ2) is 4.21. The van der Waals surface area contributed by atoms with E-state index in [0.717, 1.165) is 0 Å². The molecule has 0 fully saturated rings. The average molecular weight is 233 g/mol. The molecule has 0 aliphatic carbocycles. The van der Waals surface area contributed by atoms with Gasteiger partial charge in [0.2, 0.25) is 0 Å². The highest BCUT2D eigenvalue weighted by Crippen LogP contribution is 2.32. The molecule has 2 aromatic rings. The van der Waals surface area contributed by atoms with E-state index in [1.54, 1.807) is 6.07 Å². The molecule has 0 saturated heterocycles.